The third-order valence-electron chi connectivity index (χ3n) is 17.1. The molecule has 6 heteroatoms. The minimum Gasteiger partial charge on any atom is -0.466 e. The van der Waals surface area contributed by atoms with Crippen molar-refractivity contribution in [2.24, 2.45) is 0 Å². The molecule has 464 valence electrons. The Morgan fingerprint density at radius 2 is 0.603 bits per heavy atom. The molecule has 0 heterocycles. The normalized spacial score (nSPS) is 12.5. The summed E-state index contributed by atoms with van der Waals surface area (Å²) in [6.45, 7) is 4.98. The Morgan fingerprint density at radius 1 is 0.346 bits per heavy atom. The highest BCUT2D eigenvalue weighted by atomic mass is 16.5. The van der Waals surface area contributed by atoms with Crippen molar-refractivity contribution in [2.75, 3.05) is 13.2 Å². The molecule has 6 nitrogen and oxygen atoms in total. The smallest absolute Gasteiger partial charge is 0.305 e. The minimum atomic E-state index is -0.659. The molecule has 2 unspecified atom stereocenters. The second kappa shape index (κ2) is 68.1. The van der Waals surface area contributed by atoms with E-state index >= 15 is 0 Å². The Balaban J connectivity index is 3.29. The molecule has 78 heavy (non-hydrogen) atoms. The molecule has 3 N–H and O–H groups in total. The Kier molecular flexibility index (Phi) is 66.9. The summed E-state index contributed by atoms with van der Waals surface area (Å²) in [6.07, 6.45) is 84.4. The average Bonchev–Trinajstić information content (AvgIpc) is 3.44. The van der Waals surface area contributed by atoms with E-state index in [2.05, 4.69) is 31.3 Å². The van der Waals surface area contributed by atoms with Crippen LogP contribution in [0.2, 0.25) is 0 Å². The van der Waals surface area contributed by atoms with Gasteiger partial charge in [-0.2, -0.15) is 0 Å². The second-order valence-corrected chi connectivity index (χ2v) is 24.9. The van der Waals surface area contributed by atoms with E-state index in [1.807, 2.05) is 0 Å². The SMILES string of the molecule is CCCCCCCCCCCCCCCCC(=O)OCCCCCCCCCCCCCCCCCC/C=C\CCCCCCCCCCCCCCCCCCCC(=O)NC(CO)C(O)CCCCCCCCCCCC. The lowest BCUT2D eigenvalue weighted by Crippen LogP contribution is -2.45. The van der Waals surface area contributed by atoms with Crippen molar-refractivity contribution in [2.45, 2.75) is 424 Å². The Morgan fingerprint density at radius 3 is 0.910 bits per heavy atom. The van der Waals surface area contributed by atoms with E-state index in [-0.39, 0.29) is 18.5 Å². The second-order valence-electron chi connectivity index (χ2n) is 24.9. The molecule has 0 rings (SSSR count). The van der Waals surface area contributed by atoms with Crippen LogP contribution in [0.3, 0.4) is 0 Å². The molecular weight excluding hydrogens is 959 g/mol. The number of ether oxygens (including phenoxy) is 1. The first-order chi connectivity index (χ1) is 38.5. The van der Waals surface area contributed by atoms with Crippen LogP contribution in [-0.4, -0.2) is 47.4 Å². The van der Waals surface area contributed by atoms with E-state index in [0.29, 0.717) is 25.9 Å². The van der Waals surface area contributed by atoms with E-state index in [0.717, 1.165) is 38.5 Å². The molecule has 0 bridgehead atoms. The van der Waals surface area contributed by atoms with Gasteiger partial charge in [-0.05, 0) is 51.4 Å². The highest BCUT2D eigenvalue weighted by molar-refractivity contribution is 5.76. The van der Waals surface area contributed by atoms with Gasteiger partial charge in [0.05, 0.1) is 25.4 Å². The van der Waals surface area contributed by atoms with Gasteiger partial charge in [-0.15, -0.1) is 0 Å². The number of amides is 1. The predicted octanol–water partition coefficient (Wildman–Crippen LogP) is 23.1. The van der Waals surface area contributed by atoms with E-state index in [1.165, 1.54) is 340 Å². The number of esters is 1. The van der Waals surface area contributed by atoms with Gasteiger partial charge in [0.15, 0.2) is 0 Å². The first kappa shape index (κ1) is 76.6. The number of nitrogens with one attached hydrogen (secondary N) is 1. The largest absolute Gasteiger partial charge is 0.466 e. The molecule has 0 radical (unpaired) electrons. The highest BCUT2D eigenvalue weighted by Gasteiger charge is 2.20. The van der Waals surface area contributed by atoms with Crippen LogP contribution in [0.25, 0.3) is 0 Å². The summed E-state index contributed by atoms with van der Waals surface area (Å²) >= 11 is 0. The summed E-state index contributed by atoms with van der Waals surface area (Å²) < 4.78 is 5.50. The molecule has 0 saturated carbocycles. The van der Waals surface area contributed by atoms with Crippen LogP contribution in [0.4, 0.5) is 0 Å². The molecule has 1 amide bonds. The first-order valence-corrected chi connectivity index (χ1v) is 35.9. The third kappa shape index (κ3) is 63.8. The van der Waals surface area contributed by atoms with Crippen LogP contribution < -0.4 is 5.32 Å². The fourth-order valence-electron chi connectivity index (χ4n) is 11.6. The number of unbranched alkanes of at least 4 members (excludes halogenated alkanes) is 55. The monoisotopic (exact) mass is 1100 g/mol. The molecule has 0 aromatic heterocycles. The van der Waals surface area contributed by atoms with Crippen LogP contribution in [-0.2, 0) is 14.3 Å². The third-order valence-corrected chi connectivity index (χ3v) is 17.1. The zero-order valence-corrected chi connectivity index (χ0v) is 53.2. The number of hydrogen-bond acceptors (Lipinski definition) is 5. The van der Waals surface area contributed by atoms with Crippen molar-refractivity contribution in [3.8, 4) is 0 Å². The lowest BCUT2D eigenvalue weighted by Gasteiger charge is -2.22. The van der Waals surface area contributed by atoms with Gasteiger partial charge in [0, 0.05) is 12.8 Å². The summed E-state index contributed by atoms with van der Waals surface area (Å²) in [7, 11) is 0. The first-order valence-electron chi connectivity index (χ1n) is 35.9. The van der Waals surface area contributed by atoms with Crippen molar-refractivity contribution in [1.29, 1.82) is 0 Å². The number of rotatable bonds is 68. The number of carbonyl (C=O) groups excluding carboxylic acids is 2. The van der Waals surface area contributed by atoms with E-state index in [1.54, 1.807) is 0 Å². The molecule has 0 saturated heterocycles. The van der Waals surface area contributed by atoms with Crippen molar-refractivity contribution >= 4 is 11.9 Å². The Bertz CT molecular complexity index is 1180. The lowest BCUT2D eigenvalue weighted by molar-refractivity contribution is -0.143. The number of allylic oxidation sites excluding steroid dienone is 2. The predicted molar refractivity (Wildman–Crippen MR) is 343 cm³/mol. The van der Waals surface area contributed by atoms with Crippen LogP contribution in [0.1, 0.15) is 412 Å². The summed E-state index contributed by atoms with van der Waals surface area (Å²) in [5, 5.41) is 23.2. The van der Waals surface area contributed by atoms with Gasteiger partial charge in [0.2, 0.25) is 5.91 Å². The molecule has 0 aliphatic carbocycles. The van der Waals surface area contributed by atoms with Crippen molar-refractivity contribution in [3.63, 3.8) is 0 Å². The van der Waals surface area contributed by atoms with Gasteiger partial charge in [-0.25, -0.2) is 0 Å². The number of hydrogen-bond donors (Lipinski definition) is 3. The summed E-state index contributed by atoms with van der Waals surface area (Å²) in [5.41, 5.74) is 0. The molecule has 0 fully saturated rings. The lowest BCUT2D eigenvalue weighted by atomic mass is 10.0. The van der Waals surface area contributed by atoms with E-state index < -0.39 is 12.1 Å². The summed E-state index contributed by atoms with van der Waals surface area (Å²) in [4.78, 5) is 24.5. The van der Waals surface area contributed by atoms with Crippen LogP contribution >= 0.6 is 0 Å². The molecule has 0 spiro atoms. The van der Waals surface area contributed by atoms with Gasteiger partial charge in [-0.3, -0.25) is 9.59 Å². The average molecular weight is 1100 g/mol. The summed E-state index contributed by atoms with van der Waals surface area (Å²) in [5.74, 6) is -0.00591. The van der Waals surface area contributed by atoms with E-state index in [9.17, 15) is 19.8 Å². The minimum absolute atomic E-state index is 0.0245. The summed E-state index contributed by atoms with van der Waals surface area (Å²) in [6, 6.07) is -0.536. The van der Waals surface area contributed by atoms with Crippen LogP contribution in [0.15, 0.2) is 12.2 Å². The topological polar surface area (TPSA) is 95.9 Å². The molecule has 2 atom stereocenters. The molecule has 0 aliphatic heterocycles. The zero-order chi connectivity index (χ0) is 56.4. The van der Waals surface area contributed by atoms with Crippen LogP contribution in [0, 0.1) is 0 Å². The number of carbonyl (C=O) groups is 2. The van der Waals surface area contributed by atoms with Gasteiger partial charge in [-0.1, -0.05) is 360 Å². The fraction of sp³-hybridized carbons (Fsp3) is 0.944. The maximum atomic E-state index is 12.4. The maximum absolute atomic E-state index is 12.4. The zero-order valence-electron chi connectivity index (χ0n) is 53.2. The van der Waals surface area contributed by atoms with Gasteiger partial charge >= 0.3 is 5.97 Å². The molecule has 0 aliphatic rings. The maximum Gasteiger partial charge on any atom is 0.305 e. The quantitative estimate of drug-likeness (QED) is 0.0320. The van der Waals surface area contributed by atoms with Crippen molar-refractivity contribution < 1.29 is 24.5 Å². The fourth-order valence-corrected chi connectivity index (χ4v) is 11.6. The Hall–Kier alpha value is -1.40. The van der Waals surface area contributed by atoms with Crippen molar-refractivity contribution in [1.82, 2.24) is 5.32 Å². The standard InChI is InChI=1S/C72H141NO5/c1-3-5-7-9-11-13-15-16-43-46-50-54-58-62-66-72(77)78-67-63-59-55-51-47-44-41-39-37-35-33-31-29-27-25-23-21-19-17-18-20-22-24-26-28-30-32-34-36-38-40-42-45-49-53-57-61-65-71(76)73-69(68-74)70(75)64-60-56-52-48-14-12-10-8-6-4-2/h17,19,69-70,74-75H,3-16,18,20-68H2,1-2H3,(H,73,76)/b19-17-. The number of aliphatic hydroxyl groups excluding tert-OH is 2. The van der Waals surface area contributed by atoms with Crippen molar-refractivity contribution in [3.05, 3.63) is 12.2 Å². The van der Waals surface area contributed by atoms with Gasteiger partial charge in [0.1, 0.15) is 0 Å². The van der Waals surface area contributed by atoms with Crippen LogP contribution in [0.5, 0.6) is 0 Å². The number of aliphatic hydroxyl groups is 2. The molecule has 0 aromatic carbocycles. The highest BCUT2D eigenvalue weighted by Crippen LogP contribution is 2.19. The molecular formula is C72H141NO5. The van der Waals surface area contributed by atoms with Gasteiger partial charge in [0.25, 0.3) is 0 Å². The van der Waals surface area contributed by atoms with E-state index in [4.69, 9.17) is 4.74 Å². The molecule has 0 aromatic rings. The van der Waals surface area contributed by atoms with Gasteiger partial charge < -0.3 is 20.3 Å². The Labute approximate surface area is 489 Å².